The first kappa shape index (κ1) is 10.6. The van der Waals surface area contributed by atoms with Crippen LogP contribution in [-0.4, -0.2) is 25.6 Å². The summed E-state index contributed by atoms with van der Waals surface area (Å²) in [6.07, 6.45) is 0.951. The van der Waals surface area contributed by atoms with Crippen molar-refractivity contribution in [1.29, 1.82) is 0 Å². The third-order valence-electron chi connectivity index (χ3n) is 2.90. The fourth-order valence-corrected chi connectivity index (χ4v) is 1.92. The minimum absolute atomic E-state index is 0.215. The highest BCUT2D eigenvalue weighted by Gasteiger charge is 2.09. The van der Waals surface area contributed by atoms with E-state index in [1.165, 1.54) is 5.56 Å². The van der Waals surface area contributed by atoms with Gasteiger partial charge >= 0.3 is 0 Å². The summed E-state index contributed by atoms with van der Waals surface area (Å²) in [6, 6.07) is 7.76. The number of tetrazole rings is 1. The zero-order chi connectivity index (χ0) is 12.5. The molecule has 2 heterocycles. The van der Waals surface area contributed by atoms with E-state index in [-0.39, 0.29) is 5.56 Å². The fourth-order valence-electron chi connectivity index (χ4n) is 1.92. The molecule has 1 aromatic carbocycles. The van der Waals surface area contributed by atoms with E-state index >= 15 is 0 Å². The van der Waals surface area contributed by atoms with E-state index in [1.54, 1.807) is 6.07 Å². The van der Waals surface area contributed by atoms with Gasteiger partial charge in [-0.05, 0) is 40.8 Å². The molecule has 2 N–H and O–H groups in total. The SMILES string of the molecule is CCc1ccc2[nH]c(=O)c(-c3nn[nH]n3)cc2c1. The third kappa shape index (κ3) is 1.67. The fraction of sp³-hybridized carbons (Fsp3) is 0.167. The van der Waals surface area contributed by atoms with Crippen molar-refractivity contribution >= 4 is 10.9 Å². The van der Waals surface area contributed by atoms with Crippen molar-refractivity contribution in [2.24, 2.45) is 0 Å². The van der Waals surface area contributed by atoms with Crippen LogP contribution in [-0.2, 0) is 6.42 Å². The van der Waals surface area contributed by atoms with E-state index in [4.69, 9.17) is 0 Å². The number of nitrogens with one attached hydrogen (secondary N) is 2. The normalized spacial score (nSPS) is 10.9. The molecule has 3 aromatic rings. The predicted molar refractivity (Wildman–Crippen MR) is 67.1 cm³/mol. The standard InChI is InChI=1S/C12H11N5O/c1-2-7-3-4-10-8(5-7)6-9(12(18)13-10)11-14-16-17-15-11/h3-6H,2H2,1H3,(H,13,18)(H,14,15,16,17). The molecule has 90 valence electrons. The van der Waals surface area contributed by atoms with Crippen LogP contribution in [0.1, 0.15) is 12.5 Å². The Morgan fingerprint density at radius 2 is 2.17 bits per heavy atom. The van der Waals surface area contributed by atoms with Crippen LogP contribution < -0.4 is 5.56 Å². The van der Waals surface area contributed by atoms with E-state index in [1.807, 2.05) is 12.1 Å². The maximum atomic E-state index is 11.9. The maximum absolute atomic E-state index is 11.9. The van der Waals surface area contributed by atoms with Gasteiger partial charge in [0.2, 0.25) is 5.82 Å². The topological polar surface area (TPSA) is 87.3 Å². The number of aromatic nitrogens is 5. The first-order valence-corrected chi connectivity index (χ1v) is 5.67. The van der Waals surface area contributed by atoms with Crippen molar-refractivity contribution < 1.29 is 0 Å². The minimum Gasteiger partial charge on any atom is -0.321 e. The highest BCUT2D eigenvalue weighted by atomic mass is 16.1. The molecule has 3 rings (SSSR count). The Morgan fingerprint density at radius 3 is 2.89 bits per heavy atom. The van der Waals surface area contributed by atoms with Gasteiger partial charge in [0.1, 0.15) is 0 Å². The number of aryl methyl sites for hydroxylation is 1. The highest BCUT2D eigenvalue weighted by Crippen LogP contribution is 2.17. The number of benzene rings is 1. The lowest BCUT2D eigenvalue weighted by molar-refractivity contribution is 0.881. The molecular weight excluding hydrogens is 230 g/mol. The average molecular weight is 241 g/mol. The van der Waals surface area contributed by atoms with Crippen molar-refractivity contribution in [1.82, 2.24) is 25.6 Å². The number of rotatable bonds is 2. The number of H-pyrrole nitrogens is 2. The molecule has 0 radical (unpaired) electrons. The summed E-state index contributed by atoms with van der Waals surface area (Å²) < 4.78 is 0. The van der Waals surface area contributed by atoms with Crippen LogP contribution in [0, 0.1) is 0 Å². The summed E-state index contributed by atoms with van der Waals surface area (Å²) in [5, 5.41) is 14.4. The molecule has 0 saturated heterocycles. The molecule has 2 aromatic heterocycles. The Balaban J connectivity index is 2.28. The summed E-state index contributed by atoms with van der Waals surface area (Å²) in [5.41, 5.74) is 2.23. The Hall–Kier alpha value is -2.50. The van der Waals surface area contributed by atoms with Gasteiger partial charge in [-0.25, -0.2) is 0 Å². The van der Waals surface area contributed by atoms with E-state index in [0.717, 1.165) is 17.3 Å². The van der Waals surface area contributed by atoms with Crippen molar-refractivity contribution in [2.75, 3.05) is 0 Å². The summed E-state index contributed by atoms with van der Waals surface area (Å²) in [4.78, 5) is 14.7. The van der Waals surface area contributed by atoms with Crippen molar-refractivity contribution in [2.45, 2.75) is 13.3 Å². The molecule has 0 bridgehead atoms. The zero-order valence-corrected chi connectivity index (χ0v) is 9.77. The molecule has 0 saturated carbocycles. The average Bonchev–Trinajstić information content (AvgIpc) is 2.91. The molecule has 0 spiro atoms. The third-order valence-corrected chi connectivity index (χ3v) is 2.90. The van der Waals surface area contributed by atoms with Gasteiger partial charge < -0.3 is 4.98 Å². The lowest BCUT2D eigenvalue weighted by atomic mass is 10.1. The number of hydrogen-bond acceptors (Lipinski definition) is 4. The number of hydrogen-bond donors (Lipinski definition) is 2. The quantitative estimate of drug-likeness (QED) is 0.707. The van der Waals surface area contributed by atoms with Crippen LogP contribution in [0.25, 0.3) is 22.3 Å². The molecule has 0 aliphatic heterocycles. The first-order valence-electron chi connectivity index (χ1n) is 5.67. The van der Waals surface area contributed by atoms with Gasteiger partial charge in [0.15, 0.2) is 0 Å². The zero-order valence-electron chi connectivity index (χ0n) is 9.77. The molecule has 6 heteroatoms. The lowest BCUT2D eigenvalue weighted by Crippen LogP contribution is -2.09. The Morgan fingerprint density at radius 1 is 1.28 bits per heavy atom. The van der Waals surface area contributed by atoms with Crippen molar-refractivity contribution in [3.8, 4) is 11.4 Å². The number of pyridine rings is 1. The van der Waals surface area contributed by atoms with Gasteiger partial charge in [-0.1, -0.05) is 13.0 Å². The van der Waals surface area contributed by atoms with Crippen molar-refractivity contribution in [3.05, 3.63) is 40.2 Å². The minimum atomic E-state index is -0.215. The summed E-state index contributed by atoms with van der Waals surface area (Å²) in [6.45, 7) is 2.09. The number of aromatic amines is 2. The van der Waals surface area contributed by atoms with E-state index in [2.05, 4.69) is 38.6 Å². The molecule has 0 amide bonds. The van der Waals surface area contributed by atoms with Gasteiger partial charge in [-0.2, -0.15) is 5.21 Å². The van der Waals surface area contributed by atoms with Crippen LogP contribution >= 0.6 is 0 Å². The maximum Gasteiger partial charge on any atom is 0.259 e. The van der Waals surface area contributed by atoms with Gasteiger partial charge in [-0.3, -0.25) is 4.79 Å². The van der Waals surface area contributed by atoms with Crippen LogP contribution in [0.2, 0.25) is 0 Å². The molecule has 0 aliphatic rings. The largest absolute Gasteiger partial charge is 0.321 e. The van der Waals surface area contributed by atoms with E-state index < -0.39 is 0 Å². The molecule has 0 fully saturated rings. The van der Waals surface area contributed by atoms with Crippen molar-refractivity contribution in [3.63, 3.8) is 0 Å². The molecule has 18 heavy (non-hydrogen) atoms. The van der Waals surface area contributed by atoms with Gasteiger partial charge in [0.05, 0.1) is 5.56 Å². The van der Waals surface area contributed by atoms with Crippen LogP contribution in [0.4, 0.5) is 0 Å². The van der Waals surface area contributed by atoms with E-state index in [9.17, 15) is 4.79 Å². The highest BCUT2D eigenvalue weighted by molar-refractivity contribution is 5.82. The Labute approximate surface area is 102 Å². The van der Waals surface area contributed by atoms with Gasteiger partial charge in [0, 0.05) is 5.52 Å². The first-order chi connectivity index (χ1) is 8.78. The predicted octanol–water partition coefficient (Wildman–Crippen LogP) is 1.27. The van der Waals surface area contributed by atoms with E-state index in [0.29, 0.717) is 11.4 Å². The smallest absolute Gasteiger partial charge is 0.259 e. The monoisotopic (exact) mass is 241 g/mol. The lowest BCUT2D eigenvalue weighted by Gasteiger charge is -2.02. The number of fused-ring (bicyclic) bond motifs is 1. The molecule has 6 nitrogen and oxygen atoms in total. The second-order valence-corrected chi connectivity index (χ2v) is 4.02. The van der Waals surface area contributed by atoms with Gasteiger partial charge in [-0.15, -0.1) is 10.2 Å². The second kappa shape index (κ2) is 4.06. The van der Waals surface area contributed by atoms with Crippen LogP contribution in [0.15, 0.2) is 29.1 Å². The summed E-state index contributed by atoms with van der Waals surface area (Å²) in [7, 11) is 0. The number of nitrogens with zero attached hydrogens (tertiary/aromatic N) is 3. The molecular formula is C12H11N5O. The molecule has 0 aliphatic carbocycles. The van der Waals surface area contributed by atoms with Crippen LogP contribution in [0.5, 0.6) is 0 Å². The van der Waals surface area contributed by atoms with Crippen LogP contribution in [0.3, 0.4) is 0 Å². The second-order valence-electron chi connectivity index (χ2n) is 4.02. The summed E-state index contributed by atoms with van der Waals surface area (Å²) in [5.74, 6) is 0.306. The summed E-state index contributed by atoms with van der Waals surface area (Å²) >= 11 is 0. The molecule has 0 atom stereocenters. The molecule has 0 unspecified atom stereocenters. The Kier molecular flexibility index (Phi) is 2.40. The Bertz CT molecular complexity index is 745. The van der Waals surface area contributed by atoms with Gasteiger partial charge in [0.25, 0.3) is 5.56 Å².